The molecule has 19 heavy (non-hydrogen) atoms. The molecule has 1 aliphatic carbocycles. The van der Waals surface area contributed by atoms with E-state index in [-0.39, 0.29) is 0 Å². The van der Waals surface area contributed by atoms with Crippen LogP contribution in [-0.4, -0.2) is 12.0 Å². The number of nitrogens with one attached hydrogen (secondary N) is 1. The van der Waals surface area contributed by atoms with Crippen LogP contribution in [0.15, 0.2) is 36.7 Å². The van der Waals surface area contributed by atoms with Gasteiger partial charge in [0.1, 0.15) is 0 Å². The van der Waals surface area contributed by atoms with Crippen molar-refractivity contribution >= 4 is 10.8 Å². The molecule has 1 atom stereocenters. The first-order chi connectivity index (χ1) is 9.40. The van der Waals surface area contributed by atoms with Crippen LogP contribution in [0.3, 0.4) is 0 Å². The fourth-order valence-electron chi connectivity index (χ4n) is 3.50. The van der Waals surface area contributed by atoms with E-state index in [1.54, 1.807) is 0 Å². The Kier molecular flexibility index (Phi) is 3.79. The highest BCUT2D eigenvalue weighted by atomic mass is 14.9. The molecule has 1 fully saturated rings. The Hall–Kier alpha value is -1.41. The summed E-state index contributed by atoms with van der Waals surface area (Å²) < 4.78 is 0. The molecule has 1 aromatic heterocycles. The minimum absolute atomic E-state index is 0.443. The van der Waals surface area contributed by atoms with Crippen LogP contribution in [-0.2, 0) is 0 Å². The number of aromatic nitrogens is 1. The molecule has 0 saturated heterocycles. The van der Waals surface area contributed by atoms with Gasteiger partial charge < -0.3 is 5.32 Å². The van der Waals surface area contributed by atoms with Crippen molar-refractivity contribution in [1.82, 2.24) is 10.3 Å². The van der Waals surface area contributed by atoms with Crippen molar-refractivity contribution < 1.29 is 0 Å². The van der Waals surface area contributed by atoms with Gasteiger partial charge in [-0.15, -0.1) is 0 Å². The third kappa shape index (κ3) is 2.50. The lowest BCUT2D eigenvalue weighted by Gasteiger charge is -2.30. The average molecular weight is 254 g/mol. The molecule has 1 N–H and O–H groups in total. The topological polar surface area (TPSA) is 24.9 Å². The highest BCUT2D eigenvalue weighted by Crippen LogP contribution is 2.36. The maximum Gasteiger partial charge on any atom is 0.0367 e. The van der Waals surface area contributed by atoms with E-state index < -0.39 is 0 Å². The summed E-state index contributed by atoms with van der Waals surface area (Å²) in [4.78, 5) is 4.44. The zero-order valence-corrected chi connectivity index (χ0v) is 11.6. The number of hydrogen-bond acceptors (Lipinski definition) is 2. The van der Waals surface area contributed by atoms with E-state index >= 15 is 0 Å². The van der Waals surface area contributed by atoms with Gasteiger partial charge in [0.25, 0.3) is 0 Å². The molecule has 1 heterocycles. The van der Waals surface area contributed by atoms with Crippen molar-refractivity contribution in [2.45, 2.75) is 38.1 Å². The highest BCUT2D eigenvalue weighted by Gasteiger charge is 2.25. The number of pyridine rings is 1. The summed E-state index contributed by atoms with van der Waals surface area (Å²) >= 11 is 0. The van der Waals surface area contributed by atoms with Gasteiger partial charge in [0.05, 0.1) is 0 Å². The lowest BCUT2D eigenvalue weighted by Crippen LogP contribution is -2.27. The maximum absolute atomic E-state index is 4.44. The average Bonchev–Trinajstić information content (AvgIpc) is 2.49. The van der Waals surface area contributed by atoms with Gasteiger partial charge in [0.2, 0.25) is 0 Å². The summed E-state index contributed by atoms with van der Waals surface area (Å²) in [5.41, 5.74) is 1.37. The molecule has 3 rings (SSSR count). The van der Waals surface area contributed by atoms with Gasteiger partial charge in [-0.25, -0.2) is 0 Å². The third-order valence-corrected chi connectivity index (χ3v) is 4.47. The summed E-state index contributed by atoms with van der Waals surface area (Å²) in [6, 6.07) is 9.03. The second-order valence-electron chi connectivity index (χ2n) is 5.61. The van der Waals surface area contributed by atoms with Crippen molar-refractivity contribution in [3.63, 3.8) is 0 Å². The van der Waals surface area contributed by atoms with E-state index in [0.717, 1.165) is 5.92 Å². The first-order valence-electron chi connectivity index (χ1n) is 7.40. The molecule has 0 amide bonds. The van der Waals surface area contributed by atoms with Gasteiger partial charge in [0, 0.05) is 23.8 Å². The second kappa shape index (κ2) is 5.70. The monoisotopic (exact) mass is 254 g/mol. The number of nitrogens with zero attached hydrogens (tertiary/aromatic N) is 1. The van der Waals surface area contributed by atoms with Crippen LogP contribution >= 0.6 is 0 Å². The Morgan fingerprint density at radius 3 is 2.68 bits per heavy atom. The minimum Gasteiger partial charge on any atom is -0.313 e. The Balaban J connectivity index is 2.00. The molecule has 0 radical (unpaired) electrons. The van der Waals surface area contributed by atoms with Crippen molar-refractivity contribution in [3.05, 3.63) is 42.2 Å². The fourth-order valence-corrected chi connectivity index (χ4v) is 3.50. The predicted octanol–water partition coefficient (Wildman–Crippen LogP) is 4.08. The summed E-state index contributed by atoms with van der Waals surface area (Å²) in [6.07, 6.45) is 10.9. The molecule has 2 nitrogen and oxygen atoms in total. The summed E-state index contributed by atoms with van der Waals surface area (Å²) in [7, 11) is 2.08. The van der Waals surface area contributed by atoms with E-state index in [9.17, 15) is 0 Å². The molecule has 2 aromatic rings. The molecule has 1 aromatic carbocycles. The fraction of sp³-hybridized carbons (Fsp3) is 0.471. The van der Waals surface area contributed by atoms with E-state index in [4.69, 9.17) is 0 Å². The Morgan fingerprint density at radius 2 is 1.89 bits per heavy atom. The summed E-state index contributed by atoms with van der Waals surface area (Å²) in [5, 5.41) is 6.14. The van der Waals surface area contributed by atoms with Crippen LogP contribution in [0, 0.1) is 5.92 Å². The molecular formula is C17H22N2. The van der Waals surface area contributed by atoms with Crippen LogP contribution in [0.1, 0.15) is 43.7 Å². The minimum atomic E-state index is 0.443. The van der Waals surface area contributed by atoms with Crippen LogP contribution in [0.2, 0.25) is 0 Å². The molecular weight excluding hydrogens is 232 g/mol. The molecule has 0 aliphatic heterocycles. The van der Waals surface area contributed by atoms with Gasteiger partial charge in [0.15, 0.2) is 0 Å². The van der Waals surface area contributed by atoms with E-state index in [1.807, 2.05) is 6.20 Å². The standard InChI is InChI=1S/C17H22N2/c1-18-17(13-7-3-2-4-8-13)16-12-19-11-14-9-5-6-10-15(14)16/h5-6,9-13,17-18H,2-4,7-8H2,1H3. The number of rotatable bonds is 3. The number of hydrogen-bond donors (Lipinski definition) is 1. The quantitative estimate of drug-likeness (QED) is 0.893. The van der Waals surface area contributed by atoms with Crippen molar-refractivity contribution in [2.24, 2.45) is 5.92 Å². The molecule has 100 valence electrons. The Bertz CT molecular complexity index is 538. The molecule has 1 aliphatic rings. The van der Waals surface area contributed by atoms with E-state index in [1.165, 1.54) is 48.4 Å². The summed E-state index contributed by atoms with van der Waals surface area (Å²) in [6.45, 7) is 0. The van der Waals surface area contributed by atoms with Gasteiger partial charge in [-0.3, -0.25) is 4.98 Å². The van der Waals surface area contributed by atoms with Gasteiger partial charge >= 0.3 is 0 Å². The Morgan fingerprint density at radius 1 is 1.11 bits per heavy atom. The van der Waals surface area contributed by atoms with Gasteiger partial charge in [-0.05, 0) is 36.8 Å². The van der Waals surface area contributed by atoms with Crippen LogP contribution in [0.5, 0.6) is 0 Å². The normalized spacial score (nSPS) is 18.6. The largest absolute Gasteiger partial charge is 0.313 e. The van der Waals surface area contributed by atoms with E-state index in [0.29, 0.717) is 6.04 Å². The van der Waals surface area contributed by atoms with Crippen LogP contribution in [0.25, 0.3) is 10.8 Å². The van der Waals surface area contributed by atoms with Crippen LogP contribution in [0.4, 0.5) is 0 Å². The zero-order chi connectivity index (χ0) is 13.1. The SMILES string of the molecule is CNC(c1cncc2ccccc12)C1CCCCC1. The van der Waals surface area contributed by atoms with Gasteiger partial charge in [-0.2, -0.15) is 0 Å². The smallest absolute Gasteiger partial charge is 0.0367 e. The first-order valence-corrected chi connectivity index (χ1v) is 7.40. The Labute approximate surface area is 115 Å². The van der Waals surface area contributed by atoms with Crippen molar-refractivity contribution in [2.75, 3.05) is 7.05 Å². The van der Waals surface area contributed by atoms with Crippen molar-refractivity contribution in [1.29, 1.82) is 0 Å². The van der Waals surface area contributed by atoms with Crippen molar-refractivity contribution in [3.8, 4) is 0 Å². The molecule has 1 unspecified atom stereocenters. The van der Waals surface area contributed by atoms with E-state index in [2.05, 4.69) is 47.8 Å². The lowest BCUT2D eigenvalue weighted by molar-refractivity contribution is 0.282. The molecule has 0 spiro atoms. The molecule has 2 heteroatoms. The number of benzene rings is 1. The second-order valence-corrected chi connectivity index (χ2v) is 5.61. The predicted molar refractivity (Wildman–Crippen MR) is 80.1 cm³/mol. The number of fused-ring (bicyclic) bond motifs is 1. The van der Waals surface area contributed by atoms with Gasteiger partial charge in [-0.1, -0.05) is 43.5 Å². The molecule has 0 bridgehead atoms. The van der Waals surface area contributed by atoms with Crippen LogP contribution < -0.4 is 5.32 Å². The lowest BCUT2D eigenvalue weighted by atomic mass is 9.80. The highest BCUT2D eigenvalue weighted by molar-refractivity contribution is 5.85. The third-order valence-electron chi connectivity index (χ3n) is 4.47. The molecule has 1 saturated carbocycles. The maximum atomic E-state index is 4.44. The zero-order valence-electron chi connectivity index (χ0n) is 11.6. The summed E-state index contributed by atoms with van der Waals surface area (Å²) in [5.74, 6) is 0.756. The first kappa shape index (κ1) is 12.6.